The highest BCUT2D eigenvalue weighted by atomic mass is 16.5. The Bertz CT molecular complexity index is 975. The van der Waals surface area contributed by atoms with E-state index in [1.165, 1.54) is 5.56 Å². The average molecular weight is 390 g/mol. The van der Waals surface area contributed by atoms with Crippen LogP contribution in [0, 0.1) is 5.92 Å². The van der Waals surface area contributed by atoms with Gasteiger partial charge in [0.15, 0.2) is 0 Å². The van der Waals surface area contributed by atoms with Gasteiger partial charge in [0.05, 0.1) is 18.5 Å². The van der Waals surface area contributed by atoms with Gasteiger partial charge in [-0.05, 0) is 43.0 Å². The molecular formula is C23H26N4O2. The summed E-state index contributed by atoms with van der Waals surface area (Å²) in [4.78, 5) is 12.3. The van der Waals surface area contributed by atoms with E-state index in [1.807, 2.05) is 43.3 Å². The molecule has 2 N–H and O–H groups in total. The quantitative estimate of drug-likeness (QED) is 0.441. The number of H-pyrrole nitrogens is 1. The number of hydrogen-bond acceptors (Lipinski definition) is 4. The van der Waals surface area contributed by atoms with Gasteiger partial charge in [-0.3, -0.25) is 9.89 Å². The summed E-state index contributed by atoms with van der Waals surface area (Å²) < 4.78 is 5.54. The fourth-order valence-electron chi connectivity index (χ4n) is 2.96. The van der Waals surface area contributed by atoms with E-state index in [2.05, 4.69) is 46.7 Å². The van der Waals surface area contributed by atoms with Crippen LogP contribution in [0.15, 0.2) is 59.7 Å². The molecule has 1 amide bonds. The first-order valence-corrected chi connectivity index (χ1v) is 9.76. The summed E-state index contributed by atoms with van der Waals surface area (Å²) in [5.74, 6) is 0.977. The van der Waals surface area contributed by atoms with Gasteiger partial charge in [0.2, 0.25) is 0 Å². The molecule has 0 atom stereocenters. The SMILES string of the molecule is CCOc1ccccc1/C=N/NC(=O)c1cc(-c2ccc(CC(C)C)cc2)n[nH]1. The predicted molar refractivity (Wildman–Crippen MR) is 115 cm³/mol. The summed E-state index contributed by atoms with van der Waals surface area (Å²) in [6.07, 6.45) is 2.60. The normalized spacial score (nSPS) is 11.2. The third-order valence-corrected chi connectivity index (χ3v) is 4.30. The van der Waals surface area contributed by atoms with Crippen molar-refractivity contribution in [3.05, 3.63) is 71.4 Å². The van der Waals surface area contributed by atoms with Gasteiger partial charge in [-0.2, -0.15) is 10.2 Å². The third-order valence-electron chi connectivity index (χ3n) is 4.30. The minimum Gasteiger partial charge on any atom is -0.493 e. The maximum atomic E-state index is 12.3. The van der Waals surface area contributed by atoms with E-state index >= 15 is 0 Å². The Kier molecular flexibility index (Phi) is 6.79. The molecule has 1 heterocycles. The van der Waals surface area contributed by atoms with Gasteiger partial charge in [-0.15, -0.1) is 0 Å². The van der Waals surface area contributed by atoms with Gasteiger partial charge in [0.25, 0.3) is 5.91 Å². The van der Waals surface area contributed by atoms with Crippen LogP contribution in [0.3, 0.4) is 0 Å². The molecule has 0 saturated heterocycles. The Morgan fingerprint density at radius 1 is 1.21 bits per heavy atom. The molecule has 29 heavy (non-hydrogen) atoms. The fraction of sp³-hybridized carbons (Fsp3) is 0.261. The molecule has 3 rings (SSSR count). The van der Waals surface area contributed by atoms with E-state index in [9.17, 15) is 4.79 Å². The van der Waals surface area contributed by atoms with E-state index in [-0.39, 0.29) is 5.91 Å². The van der Waals surface area contributed by atoms with Gasteiger partial charge in [0, 0.05) is 11.1 Å². The summed E-state index contributed by atoms with van der Waals surface area (Å²) in [6.45, 7) is 6.88. The first-order chi connectivity index (χ1) is 14.1. The van der Waals surface area contributed by atoms with E-state index in [0.717, 1.165) is 29.0 Å². The van der Waals surface area contributed by atoms with Gasteiger partial charge < -0.3 is 4.74 Å². The van der Waals surface area contributed by atoms with Crippen molar-refractivity contribution in [2.24, 2.45) is 11.0 Å². The molecule has 2 aromatic carbocycles. The first kappa shape index (κ1) is 20.3. The monoisotopic (exact) mass is 390 g/mol. The number of benzene rings is 2. The number of nitrogens with zero attached hydrogens (tertiary/aromatic N) is 2. The molecule has 0 bridgehead atoms. The highest BCUT2D eigenvalue weighted by Crippen LogP contribution is 2.20. The Morgan fingerprint density at radius 3 is 2.69 bits per heavy atom. The lowest BCUT2D eigenvalue weighted by Crippen LogP contribution is -2.18. The zero-order valence-corrected chi connectivity index (χ0v) is 17.0. The molecule has 6 heteroatoms. The average Bonchev–Trinajstić information content (AvgIpc) is 3.20. The van der Waals surface area contributed by atoms with Gasteiger partial charge in [0.1, 0.15) is 11.4 Å². The number of rotatable bonds is 8. The second-order valence-electron chi connectivity index (χ2n) is 7.13. The number of para-hydroxylation sites is 1. The maximum absolute atomic E-state index is 12.3. The highest BCUT2D eigenvalue weighted by molar-refractivity contribution is 5.94. The van der Waals surface area contributed by atoms with Crippen molar-refractivity contribution in [2.45, 2.75) is 27.2 Å². The lowest BCUT2D eigenvalue weighted by molar-refractivity contribution is 0.0950. The van der Waals surface area contributed by atoms with Gasteiger partial charge >= 0.3 is 0 Å². The van der Waals surface area contributed by atoms with Crippen LogP contribution in [0.5, 0.6) is 5.75 Å². The zero-order chi connectivity index (χ0) is 20.6. The molecule has 0 fully saturated rings. The Morgan fingerprint density at radius 2 is 1.97 bits per heavy atom. The number of carbonyl (C=O) groups is 1. The maximum Gasteiger partial charge on any atom is 0.289 e. The molecule has 0 saturated carbocycles. The molecule has 1 aromatic heterocycles. The van der Waals surface area contributed by atoms with E-state index in [0.29, 0.717) is 18.2 Å². The summed E-state index contributed by atoms with van der Waals surface area (Å²) in [6, 6.07) is 17.5. The second kappa shape index (κ2) is 9.68. The molecule has 150 valence electrons. The molecule has 0 spiro atoms. The number of carbonyl (C=O) groups excluding carboxylic acids is 1. The van der Waals surface area contributed by atoms with E-state index < -0.39 is 0 Å². The van der Waals surface area contributed by atoms with Crippen molar-refractivity contribution in [1.29, 1.82) is 0 Å². The minimum atomic E-state index is -0.356. The molecule has 3 aromatic rings. The molecular weight excluding hydrogens is 364 g/mol. The standard InChI is InChI=1S/C23H26N4O2/c1-4-29-22-8-6-5-7-19(22)15-24-27-23(28)21-14-20(25-26-21)18-11-9-17(10-12-18)13-16(2)3/h5-12,14-16H,4,13H2,1-3H3,(H,25,26)(H,27,28)/b24-15+. The van der Waals surface area contributed by atoms with E-state index in [1.54, 1.807) is 12.3 Å². The van der Waals surface area contributed by atoms with Crippen LogP contribution in [0.4, 0.5) is 0 Å². The molecule has 0 aliphatic heterocycles. The van der Waals surface area contributed by atoms with Crippen LogP contribution in [-0.2, 0) is 6.42 Å². The van der Waals surface area contributed by atoms with Crippen LogP contribution >= 0.6 is 0 Å². The number of hydrogen-bond donors (Lipinski definition) is 2. The van der Waals surface area contributed by atoms with Gasteiger partial charge in [-0.1, -0.05) is 50.2 Å². The Balaban J connectivity index is 1.64. The van der Waals surface area contributed by atoms with Crippen molar-refractivity contribution < 1.29 is 9.53 Å². The van der Waals surface area contributed by atoms with Crippen LogP contribution in [0.25, 0.3) is 11.3 Å². The van der Waals surface area contributed by atoms with Crippen molar-refractivity contribution in [2.75, 3.05) is 6.61 Å². The van der Waals surface area contributed by atoms with Crippen LogP contribution in [0.2, 0.25) is 0 Å². The second-order valence-corrected chi connectivity index (χ2v) is 7.13. The van der Waals surface area contributed by atoms with Crippen molar-refractivity contribution in [3.8, 4) is 17.0 Å². The molecule has 0 aliphatic carbocycles. The van der Waals surface area contributed by atoms with Crippen molar-refractivity contribution in [3.63, 3.8) is 0 Å². The minimum absolute atomic E-state index is 0.349. The van der Waals surface area contributed by atoms with Gasteiger partial charge in [-0.25, -0.2) is 5.43 Å². The Hall–Kier alpha value is -3.41. The zero-order valence-electron chi connectivity index (χ0n) is 17.0. The largest absolute Gasteiger partial charge is 0.493 e. The number of aromatic nitrogens is 2. The lowest BCUT2D eigenvalue weighted by atomic mass is 10.0. The lowest BCUT2D eigenvalue weighted by Gasteiger charge is -2.05. The number of aromatic amines is 1. The topological polar surface area (TPSA) is 79.4 Å². The number of ether oxygens (including phenoxy) is 1. The molecule has 6 nitrogen and oxygen atoms in total. The number of nitrogens with one attached hydrogen (secondary N) is 2. The van der Waals surface area contributed by atoms with Crippen molar-refractivity contribution >= 4 is 12.1 Å². The highest BCUT2D eigenvalue weighted by Gasteiger charge is 2.11. The summed E-state index contributed by atoms with van der Waals surface area (Å²) in [7, 11) is 0. The molecule has 0 unspecified atom stereocenters. The molecule has 0 radical (unpaired) electrons. The predicted octanol–water partition coefficient (Wildman–Crippen LogP) is 4.44. The first-order valence-electron chi connectivity index (χ1n) is 9.76. The number of amides is 1. The van der Waals surface area contributed by atoms with Crippen LogP contribution < -0.4 is 10.2 Å². The third kappa shape index (κ3) is 5.54. The summed E-state index contributed by atoms with van der Waals surface area (Å²) in [5, 5.41) is 11.0. The fourth-order valence-corrected chi connectivity index (χ4v) is 2.96. The van der Waals surface area contributed by atoms with Crippen molar-refractivity contribution in [1.82, 2.24) is 15.6 Å². The van der Waals surface area contributed by atoms with E-state index in [4.69, 9.17) is 4.74 Å². The summed E-state index contributed by atoms with van der Waals surface area (Å²) in [5.41, 5.74) is 6.63. The molecule has 0 aliphatic rings. The smallest absolute Gasteiger partial charge is 0.289 e. The number of hydrazone groups is 1. The Labute approximate surface area is 171 Å². The van der Waals surface area contributed by atoms with Crippen LogP contribution in [-0.4, -0.2) is 28.9 Å². The van der Waals surface area contributed by atoms with Crippen LogP contribution in [0.1, 0.15) is 42.4 Å². The summed E-state index contributed by atoms with van der Waals surface area (Å²) >= 11 is 0.